The Balaban J connectivity index is 2.12. The van der Waals surface area contributed by atoms with Gasteiger partial charge in [-0.3, -0.25) is 4.98 Å². The fourth-order valence-corrected chi connectivity index (χ4v) is 3.11. The molecule has 0 spiro atoms. The van der Waals surface area contributed by atoms with Gasteiger partial charge in [0.25, 0.3) is 0 Å². The van der Waals surface area contributed by atoms with Gasteiger partial charge in [0.2, 0.25) is 0 Å². The summed E-state index contributed by atoms with van der Waals surface area (Å²) < 4.78 is 1.26. The zero-order chi connectivity index (χ0) is 12.5. The second-order valence-electron chi connectivity index (χ2n) is 4.37. The summed E-state index contributed by atoms with van der Waals surface area (Å²) in [6, 6.07) is 14.2. The van der Waals surface area contributed by atoms with Crippen molar-refractivity contribution in [2.24, 2.45) is 5.73 Å². The van der Waals surface area contributed by atoms with Crippen LogP contribution in [0.2, 0.25) is 0 Å². The third-order valence-electron chi connectivity index (χ3n) is 3.07. The fraction of sp³-hybridized carbons (Fsp3) is 0.133. The number of nitrogens with two attached hydrogens (primary N) is 1. The Hall–Kier alpha value is -1.71. The second kappa shape index (κ2) is 4.52. The van der Waals surface area contributed by atoms with Crippen LogP contribution in [0.3, 0.4) is 0 Å². The van der Waals surface area contributed by atoms with Crippen LogP contribution in [0.25, 0.3) is 10.1 Å². The number of aromatic nitrogens is 1. The molecule has 2 aromatic heterocycles. The normalized spacial score (nSPS) is 12.8. The first-order valence-electron chi connectivity index (χ1n) is 5.91. The lowest BCUT2D eigenvalue weighted by Gasteiger charge is -2.13. The van der Waals surface area contributed by atoms with Gasteiger partial charge in [0.15, 0.2) is 0 Å². The summed E-state index contributed by atoms with van der Waals surface area (Å²) in [6.45, 7) is 1.99. The largest absolute Gasteiger partial charge is 0.319 e. The zero-order valence-corrected chi connectivity index (χ0v) is 10.9. The van der Waals surface area contributed by atoms with Crippen LogP contribution in [0.1, 0.15) is 23.0 Å². The molecule has 2 heterocycles. The Morgan fingerprint density at radius 2 is 1.94 bits per heavy atom. The topological polar surface area (TPSA) is 38.9 Å². The summed E-state index contributed by atoms with van der Waals surface area (Å²) in [5, 5.41) is 3.35. The summed E-state index contributed by atoms with van der Waals surface area (Å²) in [5.74, 6) is 0. The summed E-state index contributed by atoms with van der Waals surface area (Å²) in [6.07, 6.45) is 0. The Morgan fingerprint density at radius 1 is 1.11 bits per heavy atom. The second-order valence-corrected chi connectivity index (χ2v) is 5.28. The SMILES string of the molecule is Cc1cccc(C(N)c2cccc3ccsc23)n1. The lowest BCUT2D eigenvalue weighted by molar-refractivity contribution is 0.830. The van der Waals surface area contributed by atoms with E-state index in [2.05, 4.69) is 34.6 Å². The Labute approximate surface area is 110 Å². The fourth-order valence-electron chi connectivity index (χ4n) is 2.16. The standard InChI is InChI=1S/C15H14N2S/c1-10-4-2-7-13(17-10)14(16)12-6-3-5-11-8-9-18-15(11)12/h2-9,14H,16H2,1H3. The zero-order valence-electron chi connectivity index (χ0n) is 10.1. The minimum atomic E-state index is -0.160. The van der Waals surface area contributed by atoms with E-state index in [9.17, 15) is 0 Å². The highest BCUT2D eigenvalue weighted by Gasteiger charge is 2.13. The van der Waals surface area contributed by atoms with E-state index in [1.165, 1.54) is 10.1 Å². The van der Waals surface area contributed by atoms with Gasteiger partial charge in [-0.05, 0) is 41.5 Å². The molecule has 90 valence electrons. The molecule has 0 amide bonds. The average Bonchev–Trinajstić information content (AvgIpc) is 2.86. The molecular weight excluding hydrogens is 240 g/mol. The Kier molecular flexibility index (Phi) is 2.86. The maximum atomic E-state index is 6.35. The molecule has 0 saturated heterocycles. The molecule has 1 aromatic carbocycles. The predicted octanol–water partition coefficient (Wildman–Crippen LogP) is 3.65. The lowest BCUT2D eigenvalue weighted by Crippen LogP contribution is -2.13. The van der Waals surface area contributed by atoms with Crippen molar-refractivity contribution in [2.75, 3.05) is 0 Å². The number of pyridine rings is 1. The van der Waals surface area contributed by atoms with Crippen molar-refractivity contribution >= 4 is 21.4 Å². The first kappa shape index (κ1) is 11.4. The van der Waals surface area contributed by atoms with Gasteiger partial charge in [0, 0.05) is 10.4 Å². The molecule has 3 heteroatoms. The van der Waals surface area contributed by atoms with Gasteiger partial charge in [-0.25, -0.2) is 0 Å². The molecule has 2 N–H and O–H groups in total. The number of fused-ring (bicyclic) bond motifs is 1. The highest BCUT2D eigenvalue weighted by molar-refractivity contribution is 7.17. The highest BCUT2D eigenvalue weighted by Crippen LogP contribution is 2.30. The van der Waals surface area contributed by atoms with Crippen LogP contribution in [0.4, 0.5) is 0 Å². The van der Waals surface area contributed by atoms with E-state index < -0.39 is 0 Å². The predicted molar refractivity (Wildman–Crippen MR) is 76.8 cm³/mol. The molecule has 3 aromatic rings. The summed E-state index contributed by atoms with van der Waals surface area (Å²) >= 11 is 1.73. The van der Waals surface area contributed by atoms with Gasteiger partial charge in [0.1, 0.15) is 0 Å². The van der Waals surface area contributed by atoms with Crippen LogP contribution in [-0.2, 0) is 0 Å². The summed E-state index contributed by atoms with van der Waals surface area (Å²) in [4.78, 5) is 4.52. The first-order chi connectivity index (χ1) is 8.75. The molecule has 0 radical (unpaired) electrons. The number of thiophene rings is 1. The van der Waals surface area contributed by atoms with Gasteiger partial charge in [-0.1, -0.05) is 24.3 Å². The van der Waals surface area contributed by atoms with Gasteiger partial charge < -0.3 is 5.73 Å². The molecule has 0 fully saturated rings. The van der Waals surface area contributed by atoms with E-state index in [0.29, 0.717) is 0 Å². The van der Waals surface area contributed by atoms with Crippen molar-refractivity contribution in [3.05, 3.63) is 64.8 Å². The van der Waals surface area contributed by atoms with Crippen molar-refractivity contribution in [2.45, 2.75) is 13.0 Å². The molecule has 18 heavy (non-hydrogen) atoms. The van der Waals surface area contributed by atoms with Crippen molar-refractivity contribution in [3.8, 4) is 0 Å². The molecule has 2 nitrogen and oxygen atoms in total. The highest BCUT2D eigenvalue weighted by atomic mass is 32.1. The molecule has 0 bridgehead atoms. The number of aryl methyl sites for hydroxylation is 1. The van der Waals surface area contributed by atoms with E-state index in [4.69, 9.17) is 5.73 Å². The van der Waals surface area contributed by atoms with E-state index in [1.807, 2.05) is 25.1 Å². The molecule has 0 aliphatic rings. The molecule has 1 unspecified atom stereocenters. The lowest BCUT2D eigenvalue weighted by atomic mass is 10.0. The number of benzene rings is 1. The molecule has 0 aliphatic heterocycles. The molecule has 0 saturated carbocycles. The smallest absolute Gasteiger partial charge is 0.0740 e. The molecule has 3 rings (SSSR count). The minimum absolute atomic E-state index is 0.160. The third kappa shape index (κ3) is 1.92. The van der Waals surface area contributed by atoms with Gasteiger partial charge in [-0.2, -0.15) is 0 Å². The number of rotatable bonds is 2. The summed E-state index contributed by atoms with van der Waals surface area (Å²) in [7, 11) is 0. The van der Waals surface area contributed by atoms with Crippen molar-refractivity contribution in [3.63, 3.8) is 0 Å². The van der Waals surface area contributed by atoms with Crippen LogP contribution < -0.4 is 5.73 Å². The van der Waals surface area contributed by atoms with E-state index in [-0.39, 0.29) is 6.04 Å². The van der Waals surface area contributed by atoms with E-state index in [1.54, 1.807) is 11.3 Å². The summed E-state index contributed by atoms with van der Waals surface area (Å²) in [5.41, 5.74) is 9.44. The molecule has 1 atom stereocenters. The van der Waals surface area contributed by atoms with Crippen molar-refractivity contribution in [1.29, 1.82) is 0 Å². The number of hydrogen-bond donors (Lipinski definition) is 1. The van der Waals surface area contributed by atoms with Gasteiger partial charge in [0.05, 0.1) is 11.7 Å². The Morgan fingerprint density at radius 3 is 2.78 bits per heavy atom. The van der Waals surface area contributed by atoms with E-state index in [0.717, 1.165) is 17.0 Å². The van der Waals surface area contributed by atoms with Crippen molar-refractivity contribution < 1.29 is 0 Å². The van der Waals surface area contributed by atoms with Crippen LogP contribution in [0, 0.1) is 6.92 Å². The van der Waals surface area contributed by atoms with Crippen LogP contribution >= 0.6 is 11.3 Å². The van der Waals surface area contributed by atoms with Gasteiger partial charge >= 0.3 is 0 Å². The third-order valence-corrected chi connectivity index (χ3v) is 4.05. The van der Waals surface area contributed by atoms with Crippen LogP contribution in [0.15, 0.2) is 47.8 Å². The number of nitrogens with zero attached hydrogens (tertiary/aromatic N) is 1. The molecular formula is C15H14N2S. The monoisotopic (exact) mass is 254 g/mol. The first-order valence-corrected chi connectivity index (χ1v) is 6.79. The van der Waals surface area contributed by atoms with Crippen LogP contribution in [0.5, 0.6) is 0 Å². The average molecular weight is 254 g/mol. The number of hydrogen-bond acceptors (Lipinski definition) is 3. The molecule has 0 aliphatic carbocycles. The van der Waals surface area contributed by atoms with Crippen LogP contribution in [-0.4, -0.2) is 4.98 Å². The maximum absolute atomic E-state index is 6.35. The quantitative estimate of drug-likeness (QED) is 0.758. The van der Waals surface area contributed by atoms with E-state index >= 15 is 0 Å². The van der Waals surface area contributed by atoms with Gasteiger partial charge in [-0.15, -0.1) is 11.3 Å². The maximum Gasteiger partial charge on any atom is 0.0740 e. The Bertz CT molecular complexity index is 688. The van der Waals surface area contributed by atoms with Crippen molar-refractivity contribution in [1.82, 2.24) is 4.98 Å². The minimum Gasteiger partial charge on any atom is -0.319 e.